The number of rotatable bonds is 3. The van der Waals surface area contributed by atoms with Crippen molar-refractivity contribution >= 4 is 0 Å². The van der Waals surface area contributed by atoms with E-state index in [2.05, 4.69) is 5.32 Å². The third-order valence-corrected chi connectivity index (χ3v) is 3.21. The predicted molar refractivity (Wildman–Crippen MR) is 62.2 cm³/mol. The number of ether oxygens (including phenoxy) is 1. The van der Waals surface area contributed by atoms with Gasteiger partial charge in [-0.05, 0) is 49.9 Å². The number of benzene rings is 1. The topological polar surface area (TPSA) is 21.3 Å². The molecule has 2 rings (SSSR count). The van der Waals surface area contributed by atoms with Gasteiger partial charge in [0.15, 0.2) is 11.6 Å². The van der Waals surface area contributed by atoms with E-state index in [-0.39, 0.29) is 5.75 Å². The molecule has 4 heteroatoms. The summed E-state index contributed by atoms with van der Waals surface area (Å²) in [6, 6.07) is 2.35. The first-order valence-electron chi connectivity index (χ1n) is 5.93. The monoisotopic (exact) mass is 241 g/mol. The molecule has 17 heavy (non-hydrogen) atoms. The molecule has 94 valence electrons. The summed E-state index contributed by atoms with van der Waals surface area (Å²) < 4.78 is 32.0. The molecule has 1 unspecified atom stereocenters. The maximum atomic E-state index is 13.9. The lowest BCUT2D eigenvalue weighted by atomic mass is 9.92. The molecule has 0 saturated carbocycles. The number of hydrogen-bond acceptors (Lipinski definition) is 2. The van der Waals surface area contributed by atoms with Gasteiger partial charge in [-0.3, -0.25) is 0 Å². The third-order valence-electron chi connectivity index (χ3n) is 3.21. The first kappa shape index (κ1) is 12.3. The summed E-state index contributed by atoms with van der Waals surface area (Å²) in [5.41, 5.74) is 0.413. The van der Waals surface area contributed by atoms with Gasteiger partial charge >= 0.3 is 0 Å². The van der Waals surface area contributed by atoms with Crippen LogP contribution in [0.4, 0.5) is 8.78 Å². The Hall–Kier alpha value is -1.16. The van der Waals surface area contributed by atoms with Crippen molar-refractivity contribution in [3.8, 4) is 5.75 Å². The molecule has 0 aliphatic carbocycles. The van der Waals surface area contributed by atoms with E-state index < -0.39 is 11.6 Å². The molecule has 1 atom stereocenters. The van der Waals surface area contributed by atoms with Crippen LogP contribution < -0.4 is 10.1 Å². The molecule has 0 amide bonds. The Morgan fingerprint density at radius 1 is 1.41 bits per heavy atom. The molecule has 1 aliphatic heterocycles. The molecule has 0 aromatic heterocycles. The molecule has 1 saturated heterocycles. The smallest absolute Gasteiger partial charge is 0.168 e. The van der Waals surface area contributed by atoms with Crippen molar-refractivity contribution in [3.63, 3.8) is 0 Å². The molecule has 1 N–H and O–H groups in total. The minimum absolute atomic E-state index is 0.0104. The molecule has 2 nitrogen and oxygen atoms in total. The fraction of sp³-hybridized carbons (Fsp3) is 0.538. The van der Waals surface area contributed by atoms with Crippen LogP contribution >= 0.6 is 0 Å². The summed E-state index contributed by atoms with van der Waals surface area (Å²) in [7, 11) is 1.35. The fourth-order valence-corrected chi connectivity index (χ4v) is 2.32. The molecule has 1 heterocycles. The summed E-state index contributed by atoms with van der Waals surface area (Å²) in [5.74, 6) is -0.505. The average molecular weight is 241 g/mol. The van der Waals surface area contributed by atoms with Crippen molar-refractivity contribution < 1.29 is 13.5 Å². The van der Waals surface area contributed by atoms with Crippen molar-refractivity contribution in [2.24, 2.45) is 5.92 Å². The normalized spacial score (nSPS) is 20.3. The Kier molecular flexibility index (Phi) is 3.94. The van der Waals surface area contributed by atoms with Crippen LogP contribution in [0.5, 0.6) is 5.75 Å². The van der Waals surface area contributed by atoms with Crippen molar-refractivity contribution in [1.29, 1.82) is 0 Å². The molecule has 0 spiro atoms. The van der Waals surface area contributed by atoms with E-state index in [0.717, 1.165) is 32.0 Å². The zero-order valence-corrected chi connectivity index (χ0v) is 9.93. The highest BCUT2D eigenvalue weighted by atomic mass is 19.1. The highest BCUT2D eigenvalue weighted by Gasteiger charge is 2.18. The second-order valence-electron chi connectivity index (χ2n) is 4.50. The molecule has 1 aliphatic rings. The largest absolute Gasteiger partial charge is 0.494 e. The zero-order chi connectivity index (χ0) is 12.3. The Bertz CT molecular complexity index is 389. The number of methoxy groups -OCH3 is 1. The van der Waals surface area contributed by atoms with Crippen molar-refractivity contribution in [1.82, 2.24) is 5.32 Å². The molecule has 1 aromatic rings. The van der Waals surface area contributed by atoms with E-state index in [0.29, 0.717) is 17.9 Å². The van der Waals surface area contributed by atoms with Gasteiger partial charge in [0.25, 0.3) is 0 Å². The van der Waals surface area contributed by atoms with Gasteiger partial charge in [0.2, 0.25) is 0 Å². The van der Waals surface area contributed by atoms with Crippen LogP contribution in [0.25, 0.3) is 0 Å². The zero-order valence-electron chi connectivity index (χ0n) is 9.93. The quantitative estimate of drug-likeness (QED) is 0.878. The highest BCUT2D eigenvalue weighted by molar-refractivity contribution is 5.32. The van der Waals surface area contributed by atoms with Crippen LogP contribution in [0.1, 0.15) is 18.4 Å². The van der Waals surface area contributed by atoms with Gasteiger partial charge in [0.1, 0.15) is 5.82 Å². The minimum Gasteiger partial charge on any atom is -0.494 e. The van der Waals surface area contributed by atoms with Crippen molar-refractivity contribution in [2.75, 3.05) is 20.2 Å². The van der Waals surface area contributed by atoms with Gasteiger partial charge in [0.05, 0.1) is 7.11 Å². The van der Waals surface area contributed by atoms with Crippen LogP contribution in [0.2, 0.25) is 0 Å². The minimum atomic E-state index is -0.443. The first-order chi connectivity index (χ1) is 8.20. The van der Waals surface area contributed by atoms with E-state index in [1.54, 1.807) is 0 Å². The highest BCUT2D eigenvalue weighted by Crippen LogP contribution is 2.26. The predicted octanol–water partition coefficient (Wildman–Crippen LogP) is 2.52. The third kappa shape index (κ3) is 2.94. The van der Waals surface area contributed by atoms with E-state index in [1.807, 2.05) is 0 Å². The lowest BCUT2D eigenvalue weighted by Crippen LogP contribution is -2.31. The van der Waals surface area contributed by atoms with Gasteiger partial charge < -0.3 is 10.1 Å². The van der Waals surface area contributed by atoms with Gasteiger partial charge in [-0.2, -0.15) is 0 Å². The van der Waals surface area contributed by atoms with E-state index in [4.69, 9.17) is 4.74 Å². The summed E-state index contributed by atoms with van der Waals surface area (Å²) in [6.07, 6.45) is 2.72. The van der Waals surface area contributed by atoms with Crippen LogP contribution in [0.3, 0.4) is 0 Å². The molecular formula is C13H17F2NO. The maximum Gasteiger partial charge on any atom is 0.168 e. The Balaban J connectivity index is 2.16. The number of halogens is 2. The Morgan fingerprint density at radius 3 is 2.88 bits per heavy atom. The van der Waals surface area contributed by atoms with Crippen LogP contribution in [0, 0.1) is 17.6 Å². The summed E-state index contributed by atoms with van der Waals surface area (Å²) in [5, 5.41) is 3.27. The molecule has 1 fully saturated rings. The summed E-state index contributed by atoms with van der Waals surface area (Å²) in [6.45, 7) is 1.89. The van der Waals surface area contributed by atoms with Gasteiger partial charge in [-0.15, -0.1) is 0 Å². The second-order valence-corrected chi connectivity index (χ2v) is 4.50. The first-order valence-corrected chi connectivity index (χ1v) is 5.93. The van der Waals surface area contributed by atoms with Crippen LogP contribution in [-0.2, 0) is 6.42 Å². The Labute approximate surface area is 100.0 Å². The standard InChI is InChI=1S/C13H17F2NO/c1-17-12-7-11(14)6-10(13(12)15)5-9-3-2-4-16-8-9/h6-7,9,16H,2-5,8H2,1H3. The molecule has 0 bridgehead atoms. The Morgan fingerprint density at radius 2 is 2.24 bits per heavy atom. The fourth-order valence-electron chi connectivity index (χ4n) is 2.32. The summed E-state index contributed by atoms with van der Waals surface area (Å²) in [4.78, 5) is 0. The van der Waals surface area contributed by atoms with Gasteiger partial charge in [-0.1, -0.05) is 0 Å². The average Bonchev–Trinajstić information content (AvgIpc) is 2.34. The van der Waals surface area contributed by atoms with Gasteiger partial charge in [0, 0.05) is 6.07 Å². The number of piperidine rings is 1. The number of nitrogens with one attached hydrogen (secondary N) is 1. The number of hydrogen-bond donors (Lipinski definition) is 1. The van der Waals surface area contributed by atoms with Crippen molar-refractivity contribution in [2.45, 2.75) is 19.3 Å². The molecule has 1 aromatic carbocycles. The summed E-state index contributed by atoms with van der Waals surface area (Å²) >= 11 is 0. The van der Waals surface area contributed by atoms with Crippen LogP contribution in [0.15, 0.2) is 12.1 Å². The maximum absolute atomic E-state index is 13.9. The van der Waals surface area contributed by atoms with E-state index in [9.17, 15) is 8.78 Å². The second kappa shape index (κ2) is 5.45. The van der Waals surface area contributed by atoms with E-state index >= 15 is 0 Å². The van der Waals surface area contributed by atoms with Crippen molar-refractivity contribution in [3.05, 3.63) is 29.3 Å². The lowest BCUT2D eigenvalue weighted by Gasteiger charge is -2.23. The van der Waals surface area contributed by atoms with Crippen LogP contribution in [-0.4, -0.2) is 20.2 Å². The van der Waals surface area contributed by atoms with Gasteiger partial charge in [-0.25, -0.2) is 8.78 Å². The SMILES string of the molecule is COc1cc(F)cc(CC2CCCNC2)c1F. The molecule has 0 radical (unpaired) electrons. The molecular weight excluding hydrogens is 224 g/mol. The lowest BCUT2D eigenvalue weighted by molar-refractivity contribution is 0.358. The van der Waals surface area contributed by atoms with E-state index in [1.165, 1.54) is 13.2 Å².